The number of nitrogens with zero attached hydrogens (tertiary/aromatic N) is 5. The highest BCUT2D eigenvalue weighted by Crippen LogP contribution is 2.26. The zero-order valence-electron chi connectivity index (χ0n) is 19.6. The van der Waals surface area contributed by atoms with Gasteiger partial charge in [0.05, 0.1) is 16.7 Å². The van der Waals surface area contributed by atoms with Gasteiger partial charge < -0.3 is 5.32 Å². The van der Waals surface area contributed by atoms with Crippen LogP contribution in [0.1, 0.15) is 46.2 Å². The molecule has 0 aliphatic rings. The van der Waals surface area contributed by atoms with E-state index in [-0.39, 0.29) is 23.4 Å². The van der Waals surface area contributed by atoms with E-state index >= 15 is 0 Å². The zero-order chi connectivity index (χ0) is 23.6. The summed E-state index contributed by atoms with van der Waals surface area (Å²) in [4.78, 5) is 30.3. The fourth-order valence-corrected chi connectivity index (χ4v) is 3.84. The van der Waals surface area contributed by atoms with E-state index in [2.05, 4.69) is 36.2 Å². The Kier molecular flexibility index (Phi) is 6.18. The minimum atomic E-state index is -0.188. The van der Waals surface area contributed by atoms with Crippen LogP contribution in [0.15, 0.2) is 59.5 Å². The Labute approximate surface area is 192 Å². The van der Waals surface area contributed by atoms with Crippen molar-refractivity contribution < 1.29 is 4.79 Å². The van der Waals surface area contributed by atoms with Gasteiger partial charge in [0.25, 0.3) is 0 Å². The number of hydrogen-bond donors (Lipinski definition) is 1. The normalized spacial score (nSPS) is 11.8. The highest BCUT2D eigenvalue weighted by molar-refractivity contribution is 5.90. The largest absolute Gasteiger partial charge is 0.329 e. The number of anilines is 1. The minimum Gasteiger partial charge on any atom is -0.310 e. The predicted molar refractivity (Wildman–Crippen MR) is 130 cm³/mol. The van der Waals surface area contributed by atoms with E-state index in [9.17, 15) is 9.59 Å². The summed E-state index contributed by atoms with van der Waals surface area (Å²) in [6.45, 7) is 9.21. The molecule has 0 atom stereocenters. The van der Waals surface area contributed by atoms with E-state index in [1.54, 1.807) is 20.0 Å². The fourth-order valence-electron chi connectivity index (χ4n) is 3.84. The third-order valence-electron chi connectivity index (χ3n) is 5.55. The number of pyridine rings is 1. The number of para-hydroxylation sites is 2. The Morgan fingerprint density at radius 2 is 1.67 bits per heavy atom. The molecule has 0 saturated heterocycles. The molecule has 33 heavy (non-hydrogen) atoms. The van der Waals surface area contributed by atoms with Crippen molar-refractivity contribution in [3.8, 4) is 5.82 Å². The topological polar surface area (TPSA) is 86.7 Å². The maximum Gasteiger partial charge on any atom is 0.329 e. The summed E-state index contributed by atoms with van der Waals surface area (Å²) in [5, 5.41) is 7.65. The van der Waals surface area contributed by atoms with E-state index in [0.29, 0.717) is 24.7 Å². The molecule has 8 heteroatoms. The summed E-state index contributed by atoms with van der Waals surface area (Å²) < 4.78 is 5.11. The quantitative estimate of drug-likeness (QED) is 0.463. The van der Waals surface area contributed by atoms with Crippen LogP contribution in [-0.4, -0.2) is 29.8 Å². The molecule has 0 radical (unpaired) electrons. The molecule has 1 amide bonds. The summed E-state index contributed by atoms with van der Waals surface area (Å²) in [5.41, 5.74) is 2.32. The molecular formula is C25H30N6O2. The number of amides is 1. The summed E-state index contributed by atoms with van der Waals surface area (Å²) in [7, 11) is 0. The SMILES string of the molecule is CCCn1c(=O)n(CCC(=O)Nc2cc(C(C)(C)C)nn2-c2ccccn2)c2ccccc21. The number of aryl methyl sites for hydroxylation is 2. The fraction of sp³-hybridized carbons (Fsp3) is 0.360. The summed E-state index contributed by atoms with van der Waals surface area (Å²) in [5.74, 6) is 0.998. The van der Waals surface area contributed by atoms with Gasteiger partial charge in [0, 0.05) is 37.2 Å². The monoisotopic (exact) mass is 446 g/mol. The highest BCUT2D eigenvalue weighted by atomic mass is 16.2. The Hall–Kier alpha value is -3.68. The van der Waals surface area contributed by atoms with Gasteiger partial charge >= 0.3 is 5.69 Å². The molecule has 0 saturated carbocycles. The van der Waals surface area contributed by atoms with Crippen molar-refractivity contribution in [1.29, 1.82) is 0 Å². The van der Waals surface area contributed by atoms with Crippen molar-refractivity contribution in [1.82, 2.24) is 23.9 Å². The van der Waals surface area contributed by atoms with Crippen molar-refractivity contribution in [2.45, 2.75) is 59.0 Å². The second-order valence-electron chi connectivity index (χ2n) is 9.14. The second-order valence-corrected chi connectivity index (χ2v) is 9.14. The van der Waals surface area contributed by atoms with Gasteiger partial charge in [-0.25, -0.2) is 9.78 Å². The molecule has 8 nitrogen and oxygen atoms in total. The van der Waals surface area contributed by atoms with Crippen molar-refractivity contribution in [2.24, 2.45) is 0 Å². The van der Waals surface area contributed by atoms with Crippen molar-refractivity contribution in [3.63, 3.8) is 0 Å². The van der Waals surface area contributed by atoms with Crippen LogP contribution in [0, 0.1) is 0 Å². The first-order valence-electron chi connectivity index (χ1n) is 11.3. The molecule has 0 aliphatic heterocycles. The third kappa shape index (κ3) is 4.60. The molecule has 3 aromatic heterocycles. The van der Waals surface area contributed by atoms with Gasteiger partial charge in [-0.05, 0) is 30.7 Å². The molecule has 1 aromatic carbocycles. The first-order valence-corrected chi connectivity index (χ1v) is 11.3. The van der Waals surface area contributed by atoms with E-state index in [1.165, 1.54) is 0 Å². The Balaban J connectivity index is 1.58. The summed E-state index contributed by atoms with van der Waals surface area (Å²) >= 11 is 0. The Bertz CT molecular complexity index is 1320. The molecule has 0 spiro atoms. The van der Waals surface area contributed by atoms with Crippen LogP contribution in [0.2, 0.25) is 0 Å². The standard InChI is InChI=1S/C25H30N6O2/c1-5-15-29-18-10-6-7-11-19(18)30(24(29)33)16-13-23(32)27-22-17-20(25(2,3)4)28-31(22)21-12-8-9-14-26-21/h6-12,14,17H,5,13,15-16H2,1-4H3,(H,27,32). The lowest BCUT2D eigenvalue weighted by atomic mass is 9.92. The first kappa shape index (κ1) is 22.5. The van der Waals surface area contributed by atoms with Crippen LogP contribution < -0.4 is 11.0 Å². The molecule has 0 unspecified atom stereocenters. The smallest absolute Gasteiger partial charge is 0.310 e. The van der Waals surface area contributed by atoms with Crippen LogP contribution in [0.4, 0.5) is 5.82 Å². The Morgan fingerprint density at radius 1 is 1.00 bits per heavy atom. The lowest BCUT2D eigenvalue weighted by Crippen LogP contribution is -2.26. The average molecular weight is 447 g/mol. The number of fused-ring (bicyclic) bond motifs is 1. The van der Waals surface area contributed by atoms with Crippen LogP contribution in [0.25, 0.3) is 16.9 Å². The maximum atomic E-state index is 13.0. The van der Waals surface area contributed by atoms with Gasteiger partial charge in [-0.2, -0.15) is 9.78 Å². The Morgan fingerprint density at radius 3 is 2.27 bits per heavy atom. The average Bonchev–Trinajstić information content (AvgIpc) is 3.33. The first-order chi connectivity index (χ1) is 15.8. The van der Waals surface area contributed by atoms with Crippen LogP contribution in [-0.2, 0) is 23.3 Å². The number of carbonyl (C=O) groups excluding carboxylic acids is 1. The van der Waals surface area contributed by atoms with Crippen molar-refractivity contribution in [3.05, 3.63) is 70.9 Å². The number of nitrogens with one attached hydrogen (secondary N) is 1. The predicted octanol–water partition coefficient (Wildman–Crippen LogP) is 4.12. The number of benzene rings is 1. The summed E-state index contributed by atoms with van der Waals surface area (Å²) in [6.07, 6.45) is 2.72. The molecule has 4 aromatic rings. The number of carbonyl (C=O) groups is 1. The highest BCUT2D eigenvalue weighted by Gasteiger charge is 2.22. The van der Waals surface area contributed by atoms with Gasteiger partial charge in [-0.15, -0.1) is 0 Å². The third-order valence-corrected chi connectivity index (χ3v) is 5.55. The van der Waals surface area contributed by atoms with Gasteiger partial charge in [0.15, 0.2) is 5.82 Å². The van der Waals surface area contributed by atoms with Gasteiger partial charge in [0.1, 0.15) is 5.82 Å². The molecule has 4 rings (SSSR count). The van der Waals surface area contributed by atoms with Crippen LogP contribution in [0.3, 0.4) is 0 Å². The molecule has 0 aliphatic carbocycles. The molecule has 3 heterocycles. The molecule has 1 N–H and O–H groups in total. The van der Waals surface area contributed by atoms with E-state index in [4.69, 9.17) is 0 Å². The number of rotatable bonds is 7. The molecular weight excluding hydrogens is 416 g/mol. The second kappa shape index (κ2) is 9.05. The minimum absolute atomic E-state index is 0.0839. The van der Waals surface area contributed by atoms with Gasteiger partial charge in [0.2, 0.25) is 5.91 Å². The van der Waals surface area contributed by atoms with Gasteiger partial charge in [-0.3, -0.25) is 13.9 Å². The number of imidazole rings is 1. The maximum absolute atomic E-state index is 13.0. The van der Waals surface area contributed by atoms with E-state index in [1.807, 2.05) is 55.5 Å². The van der Waals surface area contributed by atoms with E-state index < -0.39 is 0 Å². The summed E-state index contributed by atoms with van der Waals surface area (Å²) in [6, 6.07) is 15.1. The van der Waals surface area contributed by atoms with Crippen molar-refractivity contribution in [2.75, 3.05) is 5.32 Å². The molecule has 0 fully saturated rings. The van der Waals surface area contributed by atoms with Gasteiger partial charge in [-0.1, -0.05) is 45.9 Å². The van der Waals surface area contributed by atoms with Crippen molar-refractivity contribution >= 4 is 22.8 Å². The van der Waals surface area contributed by atoms with Crippen LogP contribution >= 0.6 is 0 Å². The lowest BCUT2D eigenvalue weighted by Gasteiger charge is -2.13. The number of hydrogen-bond acceptors (Lipinski definition) is 4. The lowest BCUT2D eigenvalue weighted by molar-refractivity contribution is -0.116. The zero-order valence-corrected chi connectivity index (χ0v) is 19.6. The molecule has 172 valence electrons. The van der Waals surface area contributed by atoms with E-state index in [0.717, 1.165) is 23.1 Å². The number of aromatic nitrogens is 5. The molecule has 0 bridgehead atoms. The van der Waals surface area contributed by atoms with Crippen LogP contribution in [0.5, 0.6) is 0 Å².